The van der Waals surface area contributed by atoms with Crippen molar-refractivity contribution >= 4 is 15.8 Å². The number of anilines is 1. The van der Waals surface area contributed by atoms with Crippen LogP contribution in [0.4, 0.5) is 5.82 Å². The van der Waals surface area contributed by atoms with Crippen molar-refractivity contribution < 1.29 is 8.42 Å². The van der Waals surface area contributed by atoms with Crippen LogP contribution in [0.1, 0.15) is 48.0 Å². The van der Waals surface area contributed by atoms with Gasteiger partial charge in [-0.3, -0.25) is 4.68 Å². The highest BCUT2D eigenvalue weighted by atomic mass is 32.2. The standard InChI is InChI=1S/C13H26N4O2S/c1-7-17-8-10(11(14)15-17)20(18,19)16-13(5,6)9-12(2,3)4/h8,16H,7,9H2,1-6H3,(H2,14,15). The maximum Gasteiger partial charge on any atom is 0.246 e. The molecule has 1 aromatic heterocycles. The van der Waals surface area contributed by atoms with Gasteiger partial charge in [-0.1, -0.05) is 20.8 Å². The lowest BCUT2D eigenvalue weighted by atomic mass is 9.82. The van der Waals surface area contributed by atoms with E-state index in [4.69, 9.17) is 5.73 Å². The van der Waals surface area contributed by atoms with E-state index < -0.39 is 15.6 Å². The van der Waals surface area contributed by atoms with Crippen LogP contribution in [-0.2, 0) is 16.6 Å². The summed E-state index contributed by atoms with van der Waals surface area (Å²) in [5.74, 6) is 0.0332. The molecule has 0 radical (unpaired) electrons. The molecular formula is C13H26N4O2S. The van der Waals surface area contributed by atoms with Crippen molar-refractivity contribution in [2.75, 3.05) is 5.73 Å². The Balaban J connectivity index is 3.03. The van der Waals surface area contributed by atoms with Crippen LogP contribution < -0.4 is 10.5 Å². The van der Waals surface area contributed by atoms with E-state index in [-0.39, 0.29) is 16.1 Å². The zero-order chi connectivity index (χ0) is 15.8. The number of hydrogen-bond donors (Lipinski definition) is 2. The van der Waals surface area contributed by atoms with Gasteiger partial charge in [-0.05, 0) is 32.6 Å². The van der Waals surface area contributed by atoms with Gasteiger partial charge in [0.05, 0.1) is 0 Å². The second kappa shape index (κ2) is 5.37. The first-order chi connectivity index (χ1) is 8.86. The predicted molar refractivity (Wildman–Crippen MR) is 80.8 cm³/mol. The molecule has 1 aromatic rings. The van der Waals surface area contributed by atoms with Crippen LogP contribution in [0.15, 0.2) is 11.1 Å². The maximum absolute atomic E-state index is 12.4. The van der Waals surface area contributed by atoms with Crippen LogP contribution in [-0.4, -0.2) is 23.7 Å². The van der Waals surface area contributed by atoms with E-state index in [0.29, 0.717) is 13.0 Å². The molecule has 0 aromatic carbocycles. The minimum absolute atomic E-state index is 0.0190. The Labute approximate surface area is 121 Å². The number of rotatable bonds is 5. The Bertz CT molecular complexity index is 568. The number of aromatic nitrogens is 2. The third kappa shape index (κ3) is 4.49. The van der Waals surface area contributed by atoms with Crippen LogP contribution in [0.25, 0.3) is 0 Å². The summed E-state index contributed by atoms with van der Waals surface area (Å²) in [6, 6.07) is 0. The van der Waals surface area contributed by atoms with E-state index >= 15 is 0 Å². The first kappa shape index (κ1) is 17.0. The molecule has 1 rings (SSSR count). The fourth-order valence-corrected chi connectivity index (χ4v) is 4.05. The van der Waals surface area contributed by atoms with Crippen molar-refractivity contribution in [3.63, 3.8) is 0 Å². The fraction of sp³-hybridized carbons (Fsp3) is 0.769. The van der Waals surface area contributed by atoms with Gasteiger partial charge in [0.2, 0.25) is 10.0 Å². The summed E-state index contributed by atoms with van der Waals surface area (Å²) in [7, 11) is -3.67. The van der Waals surface area contributed by atoms with Gasteiger partial charge in [0.1, 0.15) is 4.90 Å². The van der Waals surface area contributed by atoms with Gasteiger partial charge in [-0.15, -0.1) is 0 Å². The SMILES string of the molecule is CCn1cc(S(=O)(=O)NC(C)(C)CC(C)(C)C)c(N)n1. The minimum Gasteiger partial charge on any atom is -0.381 e. The molecule has 0 atom stereocenters. The first-order valence-corrected chi connectivity index (χ1v) is 8.21. The Morgan fingerprint density at radius 1 is 1.30 bits per heavy atom. The molecular weight excluding hydrogens is 276 g/mol. The molecule has 116 valence electrons. The van der Waals surface area contributed by atoms with Gasteiger partial charge < -0.3 is 5.73 Å². The summed E-state index contributed by atoms with van der Waals surface area (Å²) < 4.78 is 29.1. The molecule has 6 nitrogen and oxygen atoms in total. The van der Waals surface area contributed by atoms with Crippen molar-refractivity contribution in [2.45, 2.75) is 64.9 Å². The molecule has 0 aliphatic heterocycles. The number of nitrogens with two attached hydrogens (primary N) is 1. The predicted octanol–water partition coefficient (Wildman–Crippen LogP) is 1.98. The molecule has 7 heteroatoms. The Morgan fingerprint density at radius 3 is 2.25 bits per heavy atom. The molecule has 0 aliphatic carbocycles. The average molecular weight is 302 g/mol. The molecule has 0 saturated heterocycles. The summed E-state index contributed by atoms with van der Waals surface area (Å²) >= 11 is 0. The molecule has 3 N–H and O–H groups in total. The Morgan fingerprint density at radius 2 is 1.85 bits per heavy atom. The van der Waals surface area contributed by atoms with Crippen LogP contribution in [0.3, 0.4) is 0 Å². The van der Waals surface area contributed by atoms with E-state index in [9.17, 15) is 8.42 Å². The molecule has 0 amide bonds. The number of hydrogen-bond acceptors (Lipinski definition) is 4. The maximum atomic E-state index is 12.4. The highest BCUT2D eigenvalue weighted by Gasteiger charge is 2.32. The Hall–Kier alpha value is -1.08. The third-order valence-corrected chi connectivity index (χ3v) is 4.47. The van der Waals surface area contributed by atoms with Gasteiger partial charge in [-0.2, -0.15) is 5.10 Å². The van der Waals surface area contributed by atoms with Crippen molar-refractivity contribution in [1.82, 2.24) is 14.5 Å². The zero-order valence-corrected chi connectivity index (χ0v) is 14.0. The lowest BCUT2D eigenvalue weighted by Crippen LogP contribution is -2.45. The molecule has 0 unspecified atom stereocenters. The van der Waals surface area contributed by atoms with E-state index in [2.05, 4.69) is 30.6 Å². The lowest BCUT2D eigenvalue weighted by Gasteiger charge is -2.32. The zero-order valence-electron chi connectivity index (χ0n) is 13.2. The largest absolute Gasteiger partial charge is 0.381 e. The van der Waals surface area contributed by atoms with Crippen LogP contribution in [0, 0.1) is 5.41 Å². The first-order valence-electron chi connectivity index (χ1n) is 6.73. The normalized spacial score (nSPS) is 13.7. The van der Waals surface area contributed by atoms with Gasteiger partial charge in [-0.25, -0.2) is 13.1 Å². The van der Waals surface area contributed by atoms with Gasteiger partial charge >= 0.3 is 0 Å². The minimum atomic E-state index is -3.67. The topological polar surface area (TPSA) is 90.0 Å². The van der Waals surface area contributed by atoms with Crippen molar-refractivity contribution in [1.29, 1.82) is 0 Å². The van der Waals surface area contributed by atoms with Crippen LogP contribution in [0.2, 0.25) is 0 Å². The monoisotopic (exact) mass is 302 g/mol. The van der Waals surface area contributed by atoms with E-state index in [1.165, 1.54) is 10.9 Å². The molecule has 0 bridgehead atoms. The van der Waals surface area contributed by atoms with E-state index in [1.807, 2.05) is 20.8 Å². The molecule has 0 spiro atoms. The summed E-state index contributed by atoms with van der Waals surface area (Å²) in [6.45, 7) is 12.4. The smallest absolute Gasteiger partial charge is 0.246 e. The molecule has 0 saturated carbocycles. The summed E-state index contributed by atoms with van der Waals surface area (Å²) in [4.78, 5) is 0.0429. The average Bonchev–Trinajstić information content (AvgIpc) is 2.54. The van der Waals surface area contributed by atoms with E-state index in [0.717, 1.165) is 0 Å². The number of aryl methyl sites for hydroxylation is 1. The molecule has 1 heterocycles. The number of nitrogen functional groups attached to an aromatic ring is 1. The third-order valence-electron chi connectivity index (χ3n) is 2.75. The fourth-order valence-electron chi connectivity index (χ4n) is 2.57. The molecule has 20 heavy (non-hydrogen) atoms. The lowest BCUT2D eigenvalue weighted by molar-refractivity contribution is 0.269. The summed E-state index contributed by atoms with van der Waals surface area (Å²) in [5, 5.41) is 3.98. The number of sulfonamides is 1. The second-order valence-electron chi connectivity index (χ2n) is 6.96. The number of nitrogens with one attached hydrogen (secondary N) is 1. The summed E-state index contributed by atoms with van der Waals surface area (Å²) in [5.41, 5.74) is 5.16. The summed E-state index contributed by atoms with van der Waals surface area (Å²) in [6.07, 6.45) is 2.17. The number of nitrogens with zero attached hydrogens (tertiary/aromatic N) is 2. The van der Waals surface area contributed by atoms with Crippen LogP contribution >= 0.6 is 0 Å². The van der Waals surface area contributed by atoms with Crippen molar-refractivity contribution in [3.05, 3.63) is 6.20 Å². The highest BCUT2D eigenvalue weighted by molar-refractivity contribution is 7.89. The van der Waals surface area contributed by atoms with Gasteiger partial charge in [0.25, 0.3) is 0 Å². The van der Waals surface area contributed by atoms with Gasteiger partial charge in [0.15, 0.2) is 5.82 Å². The van der Waals surface area contributed by atoms with Crippen molar-refractivity contribution in [2.24, 2.45) is 5.41 Å². The highest BCUT2D eigenvalue weighted by Crippen LogP contribution is 2.28. The van der Waals surface area contributed by atoms with E-state index in [1.54, 1.807) is 0 Å². The van der Waals surface area contributed by atoms with Gasteiger partial charge in [0, 0.05) is 18.3 Å². The molecule has 0 aliphatic rings. The molecule has 0 fully saturated rings. The van der Waals surface area contributed by atoms with Crippen LogP contribution in [0.5, 0.6) is 0 Å². The van der Waals surface area contributed by atoms with Crippen molar-refractivity contribution in [3.8, 4) is 0 Å². The quantitative estimate of drug-likeness (QED) is 0.870. The second-order valence-corrected chi connectivity index (χ2v) is 8.61. The Kier molecular flexibility index (Phi) is 4.55.